The maximum atomic E-state index is 11.2. The molecule has 1 aromatic carbocycles. The number of aliphatic carboxylic acids is 1. The second kappa shape index (κ2) is 3.62. The molecule has 0 fully saturated rings. The highest BCUT2D eigenvalue weighted by Crippen LogP contribution is 2.38. The molecule has 3 nitrogen and oxygen atoms in total. The lowest BCUT2D eigenvalue weighted by atomic mass is 9.99. The molecule has 17 heavy (non-hydrogen) atoms. The van der Waals surface area contributed by atoms with E-state index < -0.39 is 5.97 Å². The minimum atomic E-state index is -0.702. The molecule has 2 aromatic rings. The van der Waals surface area contributed by atoms with Crippen molar-refractivity contribution < 1.29 is 9.90 Å². The van der Waals surface area contributed by atoms with Crippen molar-refractivity contribution in [3.8, 4) is 0 Å². The highest BCUT2D eigenvalue weighted by molar-refractivity contribution is 5.92. The lowest BCUT2D eigenvalue weighted by molar-refractivity contribution is -0.138. The minimum absolute atomic E-state index is 0.328. The molecule has 1 atom stereocenters. The summed E-state index contributed by atoms with van der Waals surface area (Å²) < 4.78 is 0. The molecule has 0 amide bonds. The van der Waals surface area contributed by atoms with Gasteiger partial charge in [-0.3, -0.25) is 4.79 Å². The fourth-order valence-electron chi connectivity index (χ4n) is 2.81. The van der Waals surface area contributed by atoms with Gasteiger partial charge in [-0.15, -0.1) is 0 Å². The number of carbonyl (C=O) groups is 1. The summed E-state index contributed by atoms with van der Waals surface area (Å²) in [6.45, 7) is 2.11. The molecule has 1 unspecified atom stereocenters. The standard InChI is InChI=1S/C14H15NO2/c1-2-8-3-5-11-10(7-8)13-9(14(16)17)4-6-12(13)15-11/h3,5,7,9,15H,2,4,6H2,1H3,(H,16,17). The monoisotopic (exact) mass is 229 g/mol. The molecule has 3 heteroatoms. The molecule has 88 valence electrons. The zero-order valence-electron chi connectivity index (χ0n) is 9.79. The van der Waals surface area contributed by atoms with Crippen molar-refractivity contribution >= 4 is 16.9 Å². The Bertz CT molecular complexity index is 598. The molecule has 0 radical (unpaired) electrons. The van der Waals surface area contributed by atoms with E-state index in [2.05, 4.69) is 30.1 Å². The van der Waals surface area contributed by atoms with Crippen molar-refractivity contribution in [3.63, 3.8) is 0 Å². The summed E-state index contributed by atoms with van der Waals surface area (Å²) in [5.41, 5.74) is 4.46. The number of fused-ring (bicyclic) bond motifs is 3. The van der Waals surface area contributed by atoms with Crippen LogP contribution in [0.3, 0.4) is 0 Å². The number of aryl methyl sites for hydroxylation is 2. The quantitative estimate of drug-likeness (QED) is 0.832. The van der Waals surface area contributed by atoms with Gasteiger partial charge in [0.05, 0.1) is 5.92 Å². The zero-order chi connectivity index (χ0) is 12.0. The highest BCUT2D eigenvalue weighted by atomic mass is 16.4. The molecular weight excluding hydrogens is 214 g/mol. The van der Waals surface area contributed by atoms with Crippen LogP contribution >= 0.6 is 0 Å². The van der Waals surface area contributed by atoms with Gasteiger partial charge in [-0.25, -0.2) is 0 Å². The minimum Gasteiger partial charge on any atom is -0.481 e. The van der Waals surface area contributed by atoms with E-state index >= 15 is 0 Å². The second-order valence-corrected chi connectivity index (χ2v) is 4.68. The van der Waals surface area contributed by atoms with E-state index in [9.17, 15) is 9.90 Å². The van der Waals surface area contributed by atoms with Gasteiger partial charge in [0, 0.05) is 16.6 Å². The number of carboxylic acids is 1. The molecule has 1 heterocycles. The van der Waals surface area contributed by atoms with Crippen molar-refractivity contribution in [2.45, 2.75) is 32.1 Å². The molecule has 1 aromatic heterocycles. The second-order valence-electron chi connectivity index (χ2n) is 4.68. The number of H-pyrrole nitrogens is 1. The van der Waals surface area contributed by atoms with Crippen molar-refractivity contribution in [1.29, 1.82) is 0 Å². The summed E-state index contributed by atoms with van der Waals surface area (Å²) in [6, 6.07) is 6.29. The van der Waals surface area contributed by atoms with Crippen molar-refractivity contribution in [2.75, 3.05) is 0 Å². The third kappa shape index (κ3) is 1.46. The number of aromatic nitrogens is 1. The van der Waals surface area contributed by atoms with Crippen LogP contribution in [0.5, 0.6) is 0 Å². The number of aromatic amines is 1. The first-order valence-corrected chi connectivity index (χ1v) is 6.07. The first-order chi connectivity index (χ1) is 8.20. The van der Waals surface area contributed by atoms with Gasteiger partial charge in [0.1, 0.15) is 0 Å². The number of carboxylic acid groups (broad SMARTS) is 1. The van der Waals surface area contributed by atoms with Gasteiger partial charge in [0.25, 0.3) is 0 Å². The maximum absolute atomic E-state index is 11.2. The maximum Gasteiger partial charge on any atom is 0.311 e. The van der Waals surface area contributed by atoms with E-state index in [1.54, 1.807) is 0 Å². The first kappa shape index (κ1) is 10.4. The van der Waals surface area contributed by atoms with Gasteiger partial charge in [-0.2, -0.15) is 0 Å². The third-order valence-corrected chi connectivity index (χ3v) is 3.72. The van der Waals surface area contributed by atoms with E-state index in [1.165, 1.54) is 5.56 Å². The Morgan fingerprint density at radius 1 is 1.53 bits per heavy atom. The highest BCUT2D eigenvalue weighted by Gasteiger charge is 2.31. The molecular formula is C14H15NO2. The van der Waals surface area contributed by atoms with E-state index in [0.29, 0.717) is 0 Å². The van der Waals surface area contributed by atoms with Gasteiger partial charge in [0.15, 0.2) is 0 Å². The lowest BCUT2D eigenvalue weighted by Crippen LogP contribution is -2.07. The Morgan fingerprint density at radius 2 is 2.35 bits per heavy atom. The Hall–Kier alpha value is -1.77. The summed E-state index contributed by atoms with van der Waals surface area (Å²) >= 11 is 0. The zero-order valence-corrected chi connectivity index (χ0v) is 9.79. The van der Waals surface area contributed by atoms with Gasteiger partial charge in [0.2, 0.25) is 0 Å². The molecule has 0 saturated heterocycles. The summed E-state index contributed by atoms with van der Waals surface area (Å²) in [7, 11) is 0. The normalized spacial score (nSPS) is 18.5. The fraction of sp³-hybridized carbons (Fsp3) is 0.357. The van der Waals surface area contributed by atoms with Crippen LogP contribution < -0.4 is 0 Å². The summed E-state index contributed by atoms with van der Waals surface area (Å²) in [5, 5.41) is 10.4. The van der Waals surface area contributed by atoms with E-state index in [4.69, 9.17) is 0 Å². The molecule has 3 rings (SSSR count). The first-order valence-electron chi connectivity index (χ1n) is 6.07. The third-order valence-electron chi connectivity index (χ3n) is 3.72. The van der Waals surface area contributed by atoms with Crippen LogP contribution in [0.4, 0.5) is 0 Å². The number of hydrogen-bond acceptors (Lipinski definition) is 1. The van der Waals surface area contributed by atoms with Crippen LogP contribution in [-0.2, 0) is 17.6 Å². The molecule has 0 bridgehead atoms. The average molecular weight is 229 g/mol. The van der Waals surface area contributed by atoms with Crippen LogP contribution in [0.25, 0.3) is 10.9 Å². The number of rotatable bonds is 2. The Kier molecular flexibility index (Phi) is 2.21. The summed E-state index contributed by atoms with van der Waals surface area (Å²) in [4.78, 5) is 14.6. The SMILES string of the molecule is CCc1ccc2[nH]c3c(c2c1)C(C(=O)O)CC3. The van der Waals surface area contributed by atoms with E-state index in [0.717, 1.165) is 41.4 Å². The van der Waals surface area contributed by atoms with Crippen LogP contribution in [0.15, 0.2) is 18.2 Å². The van der Waals surface area contributed by atoms with Gasteiger partial charge in [-0.1, -0.05) is 13.0 Å². The van der Waals surface area contributed by atoms with Crippen molar-refractivity contribution in [1.82, 2.24) is 4.98 Å². The Labute approximate surface area is 99.5 Å². The van der Waals surface area contributed by atoms with Gasteiger partial charge >= 0.3 is 5.97 Å². The van der Waals surface area contributed by atoms with Crippen LogP contribution in [0, 0.1) is 0 Å². The van der Waals surface area contributed by atoms with Gasteiger partial charge in [-0.05, 0) is 42.5 Å². The van der Waals surface area contributed by atoms with Crippen LogP contribution in [0.2, 0.25) is 0 Å². The molecule has 2 N–H and O–H groups in total. The summed E-state index contributed by atoms with van der Waals surface area (Å²) in [6.07, 6.45) is 2.55. The van der Waals surface area contributed by atoms with Crippen LogP contribution in [-0.4, -0.2) is 16.1 Å². The predicted molar refractivity (Wildman–Crippen MR) is 66.4 cm³/mol. The van der Waals surface area contributed by atoms with Crippen molar-refractivity contribution in [2.24, 2.45) is 0 Å². The van der Waals surface area contributed by atoms with E-state index in [1.807, 2.05) is 0 Å². The molecule has 0 aliphatic heterocycles. The van der Waals surface area contributed by atoms with Crippen LogP contribution in [0.1, 0.15) is 36.1 Å². The number of benzene rings is 1. The Balaban J connectivity index is 2.24. The summed E-state index contributed by atoms with van der Waals surface area (Å²) in [5.74, 6) is -1.03. The predicted octanol–water partition coefficient (Wildman–Crippen LogP) is 2.84. The molecule has 1 aliphatic carbocycles. The van der Waals surface area contributed by atoms with Crippen molar-refractivity contribution in [3.05, 3.63) is 35.0 Å². The number of hydrogen-bond donors (Lipinski definition) is 2. The van der Waals surface area contributed by atoms with Gasteiger partial charge < -0.3 is 10.1 Å². The topological polar surface area (TPSA) is 53.1 Å². The molecule has 1 aliphatic rings. The Morgan fingerprint density at radius 3 is 3.06 bits per heavy atom. The smallest absolute Gasteiger partial charge is 0.311 e. The van der Waals surface area contributed by atoms with E-state index in [-0.39, 0.29) is 5.92 Å². The lowest BCUT2D eigenvalue weighted by Gasteiger charge is -2.05. The number of nitrogens with one attached hydrogen (secondary N) is 1. The average Bonchev–Trinajstić information content (AvgIpc) is 2.86. The molecule has 0 spiro atoms. The fourth-order valence-corrected chi connectivity index (χ4v) is 2.81. The largest absolute Gasteiger partial charge is 0.481 e. The molecule has 0 saturated carbocycles.